The highest BCUT2D eigenvalue weighted by Gasteiger charge is 2.04. The van der Waals surface area contributed by atoms with Crippen molar-refractivity contribution < 1.29 is 4.39 Å². The Kier molecular flexibility index (Phi) is 2.89. The minimum atomic E-state index is -0.505. The van der Waals surface area contributed by atoms with Gasteiger partial charge in [0.1, 0.15) is 11.9 Å². The first-order valence-corrected chi connectivity index (χ1v) is 5.04. The van der Waals surface area contributed by atoms with Crippen LogP contribution >= 0.6 is 11.6 Å². The van der Waals surface area contributed by atoms with Gasteiger partial charge in [0.2, 0.25) is 0 Å². The minimum absolute atomic E-state index is 0.0534. The standard InChI is InChI=1S/C13H7ClFN/c14-12-5-3-9(4-6-12)10-1-2-11(8-16)13(15)7-10/h1-7H. The first-order chi connectivity index (χ1) is 7.70. The first kappa shape index (κ1) is 10.7. The van der Waals surface area contributed by atoms with Crippen LogP contribution in [0, 0.1) is 17.1 Å². The average Bonchev–Trinajstić information content (AvgIpc) is 2.30. The van der Waals surface area contributed by atoms with Crippen LogP contribution in [-0.4, -0.2) is 0 Å². The molecule has 0 aliphatic carbocycles. The third kappa shape index (κ3) is 2.05. The lowest BCUT2D eigenvalue weighted by molar-refractivity contribution is 0.624. The van der Waals surface area contributed by atoms with Gasteiger partial charge in [0.15, 0.2) is 0 Å². The summed E-state index contributed by atoms with van der Waals surface area (Å²) in [5.74, 6) is -0.505. The maximum absolute atomic E-state index is 13.4. The number of hydrogen-bond donors (Lipinski definition) is 0. The number of benzene rings is 2. The molecular weight excluding hydrogens is 225 g/mol. The SMILES string of the molecule is N#Cc1ccc(-c2ccc(Cl)cc2)cc1F. The molecule has 0 amide bonds. The van der Waals surface area contributed by atoms with Gasteiger partial charge < -0.3 is 0 Å². The Morgan fingerprint density at radius 1 is 1.00 bits per heavy atom. The van der Waals surface area contributed by atoms with E-state index in [1.165, 1.54) is 12.1 Å². The highest BCUT2D eigenvalue weighted by Crippen LogP contribution is 2.23. The summed E-state index contributed by atoms with van der Waals surface area (Å²) < 4.78 is 13.4. The molecule has 0 aromatic heterocycles. The third-order valence-corrected chi connectivity index (χ3v) is 2.52. The van der Waals surface area contributed by atoms with Crippen molar-refractivity contribution in [3.05, 3.63) is 58.9 Å². The smallest absolute Gasteiger partial charge is 0.141 e. The summed E-state index contributed by atoms with van der Waals surface area (Å²) in [5.41, 5.74) is 1.65. The van der Waals surface area contributed by atoms with Crippen LogP contribution < -0.4 is 0 Å². The molecule has 0 fully saturated rings. The van der Waals surface area contributed by atoms with Crippen molar-refractivity contribution >= 4 is 11.6 Å². The summed E-state index contributed by atoms with van der Waals surface area (Å²) in [6.45, 7) is 0. The van der Waals surface area contributed by atoms with E-state index in [0.29, 0.717) is 5.02 Å². The molecule has 3 heteroatoms. The largest absolute Gasteiger partial charge is 0.206 e. The van der Waals surface area contributed by atoms with Crippen LogP contribution in [0.3, 0.4) is 0 Å². The van der Waals surface area contributed by atoms with Crippen molar-refractivity contribution in [2.24, 2.45) is 0 Å². The second kappa shape index (κ2) is 4.34. The predicted molar refractivity (Wildman–Crippen MR) is 61.6 cm³/mol. The number of halogens is 2. The molecule has 0 aliphatic heterocycles. The fraction of sp³-hybridized carbons (Fsp3) is 0. The average molecular weight is 232 g/mol. The predicted octanol–water partition coefficient (Wildman–Crippen LogP) is 4.02. The molecule has 0 N–H and O–H groups in total. The molecule has 0 heterocycles. The van der Waals surface area contributed by atoms with Gasteiger partial charge in [-0.1, -0.05) is 29.8 Å². The van der Waals surface area contributed by atoms with E-state index < -0.39 is 5.82 Å². The number of nitrogens with zero attached hydrogens (tertiary/aromatic N) is 1. The Hall–Kier alpha value is -1.85. The van der Waals surface area contributed by atoms with Gasteiger partial charge in [-0.15, -0.1) is 0 Å². The lowest BCUT2D eigenvalue weighted by atomic mass is 10.0. The summed E-state index contributed by atoms with van der Waals surface area (Å²) >= 11 is 5.76. The number of hydrogen-bond acceptors (Lipinski definition) is 1. The lowest BCUT2D eigenvalue weighted by Gasteiger charge is -2.02. The van der Waals surface area contributed by atoms with Crippen LogP contribution in [-0.2, 0) is 0 Å². The van der Waals surface area contributed by atoms with Crippen LogP contribution in [0.5, 0.6) is 0 Å². The Morgan fingerprint density at radius 2 is 1.62 bits per heavy atom. The second-order valence-corrected chi connectivity index (χ2v) is 3.75. The van der Waals surface area contributed by atoms with E-state index in [9.17, 15) is 4.39 Å². The van der Waals surface area contributed by atoms with E-state index >= 15 is 0 Å². The molecule has 78 valence electrons. The van der Waals surface area contributed by atoms with Crippen molar-refractivity contribution in [3.63, 3.8) is 0 Å². The maximum Gasteiger partial charge on any atom is 0.141 e. The summed E-state index contributed by atoms with van der Waals surface area (Å²) in [4.78, 5) is 0. The molecule has 2 aromatic rings. The van der Waals surface area contributed by atoms with Crippen LogP contribution in [0.2, 0.25) is 5.02 Å². The second-order valence-electron chi connectivity index (χ2n) is 3.31. The van der Waals surface area contributed by atoms with E-state index in [1.54, 1.807) is 24.3 Å². The van der Waals surface area contributed by atoms with Gasteiger partial charge in [0, 0.05) is 5.02 Å². The van der Waals surface area contributed by atoms with Gasteiger partial charge in [-0.25, -0.2) is 4.39 Å². The van der Waals surface area contributed by atoms with Gasteiger partial charge in [-0.3, -0.25) is 0 Å². The summed E-state index contributed by atoms with van der Waals surface area (Å²) in [5, 5.41) is 9.25. The number of rotatable bonds is 1. The highest BCUT2D eigenvalue weighted by molar-refractivity contribution is 6.30. The van der Waals surface area contributed by atoms with Crippen molar-refractivity contribution in [1.29, 1.82) is 5.26 Å². The first-order valence-electron chi connectivity index (χ1n) is 4.66. The molecular formula is C13H7ClFN. The molecule has 2 rings (SSSR count). The van der Waals surface area contributed by atoms with Gasteiger partial charge in [0.05, 0.1) is 5.56 Å². The van der Waals surface area contributed by atoms with Crippen LogP contribution in [0.25, 0.3) is 11.1 Å². The van der Waals surface area contributed by atoms with E-state index in [0.717, 1.165) is 11.1 Å². The maximum atomic E-state index is 13.4. The molecule has 0 spiro atoms. The molecule has 0 saturated heterocycles. The molecule has 0 atom stereocenters. The summed E-state index contributed by atoms with van der Waals surface area (Å²) in [6, 6.07) is 13.4. The highest BCUT2D eigenvalue weighted by atomic mass is 35.5. The van der Waals surface area contributed by atoms with E-state index in [1.807, 2.05) is 12.1 Å². The fourth-order valence-electron chi connectivity index (χ4n) is 1.43. The minimum Gasteiger partial charge on any atom is -0.206 e. The normalized spacial score (nSPS) is 9.81. The van der Waals surface area contributed by atoms with Crippen molar-refractivity contribution in [3.8, 4) is 17.2 Å². The van der Waals surface area contributed by atoms with Crippen molar-refractivity contribution in [2.45, 2.75) is 0 Å². The van der Waals surface area contributed by atoms with E-state index in [-0.39, 0.29) is 5.56 Å². The van der Waals surface area contributed by atoms with Crippen LogP contribution in [0.1, 0.15) is 5.56 Å². The van der Waals surface area contributed by atoms with Gasteiger partial charge in [-0.2, -0.15) is 5.26 Å². The van der Waals surface area contributed by atoms with E-state index in [2.05, 4.69) is 0 Å². The van der Waals surface area contributed by atoms with Crippen LogP contribution in [0.15, 0.2) is 42.5 Å². The topological polar surface area (TPSA) is 23.8 Å². The monoisotopic (exact) mass is 231 g/mol. The Bertz CT molecular complexity index is 555. The van der Waals surface area contributed by atoms with Crippen molar-refractivity contribution in [2.75, 3.05) is 0 Å². The molecule has 0 saturated carbocycles. The third-order valence-electron chi connectivity index (χ3n) is 2.27. The van der Waals surface area contributed by atoms with Gasteiger partial charge in [0.25, 0.3) is 0 Å². The van der Waals surface area contributed by atoms with E-state index in [4.69, 9.17) is 16.9 Å². The molecule has 0 radical (unpaired) electrons. The Morgan fingerprint density at radius 3 is 2.19 bits per heavy atom. The quantitative estimate of drug-likeness (QED) is 0.727. The molecule has 16 heavy (non-hydrogen) atoms. The molecule has 0 aliphatic rings. The number of nitriles is 1. The summed E-state index contributed by atoms with van der Waals surface area (Å²) in [7, 11) is 0. The zero-order valence-electron chi connectivity index (χ0n) is 8.24. The van der Waals surface area contributed by atoms with Gasteiger partial charge in [-0.05, 0) is 35.4 Å². The zero-order valence-corrected chi connectivity index (χ0v) is 9.00. The van der Waals surface area contributed by atoms with Gasteiger partial charge >= 0.3 is 0 Å². The van der Waals surface area contributed by atoms with Crippen molar-refractivity contribution in [1.82, 2.24) is 0 Å². The lowest BCUT2D eigenvalue weighted by Crippen LogP contribution is -1.85. The van der Waals surface area contributed by atoms with Crippen LogP contribution in [0.4, 0.5) is 4.39 Å². The molecule has 0 bridgehead atoms. The Balaban J connectivity index is 2.46. The molecule has 0 unspecified atom stereocenters. The summed E-state index contributed by atoms with van der Waals surface area (Å²) in [6.07, 6.45) is 0. The molecule has 2 aromatic carbocycles. The zero-order chi connectivity index (χ0) is 11.5. The Labute approximate surface area is 97.7 Å². The fourth-order valence-corrected chi connectivity index (χ4v) is 1.55. The molecule has 1 nitrogen and oxygen atoms in total.